The van der Waals surface area contributed by atoms with Gasteiger partial charge >= 0.3 is 5.97 Å². The normalized spacial score (nSPS) is 11.5. The van der Waals surface area contributed by atoms with Crippen LogP contribution < -0.4 is 4.31 Å². The molecule has 1 heterocycles. The maximum absolute atomic E-state index is 13.8. The third-order valence-corrected chi connectivity index (χ3v) is 7.28. The van der Waals surface area contributed by atoms with Gasteiger partial charge in [-0.25, -0.2) is 31.3 Å². The lowest BCUT2D eigenvalue weighted by Crippen LogP contribution is -2.32. The molecule has 0 unspecified atom stereocenters. The van der Waals surface area contributed by atoms with Crippen LogP contribution in [0.1, 0.15) is 27.0 Å². The first-order valence-corrected chi connectivity index (χ1v) is 11.7. The highest BCUT2D eigenvalue weighted by molar-refractivity contribution is 7.92. The van der Waals surface area contributed by atoms with E-state index in [0.717, 1.165) is 21.1 Å². The molecule has 6 nitrogen and oxygen atoms in total. The first-order chi connectivity index (χ1) is 16.2. The first kappa shape index (κ1) is 23.3. The van der Waals surface area contributed by atoms with Crippen molar-refractivity contribution in [1.82, 2.24) is 4.98 Å². The number of benzene rings is 3. The zero-order valence-electron chi connectivity index (χ0n) is 18.1. The number of aromatic nitrogens is 1. The summed E-state index contributed by atoms with van der Waals surface area (Å²) >= 11 is 0. The Balaban J connectivity index is 1.87. The minimum atomic E-state index is -4.23. The average molecular weight is 483 g/mol. The van der Waals surface area contributed by atoms with Gasteiger partial charge in [-0.2, -0.15) is 0 Å². The second-order valence-corrected chi connectivity index (χ2v) is 9.56. The van der Waals surface area contributed by atoms with Crippen LogP contribution in [0.25, 0.3) is 10.8 Å². The van der Waals surface area contributed by atoms with Crippen LogP contribution in [0.4, 0.5) is 14.6 Å². The van der Waals surface area contributed by atoms with E-state index in [2.05, 4.69) is 4.98 Å². The van der Waals surface area contributed by atoms with E-state index in [1.54, 1.807) is 13.1 Å². The molecule has 4 aromatic rings. The largest absolute Gasteiger partial charge is 0.478 e. The molecule has 0 spiro atoms. The number of rotatable bonds is 7. The van der Waals surface area contributed by atoms with E-state index in [1.807, 2.05) is 24.3 Å². The minimum absolute atomic E-state index is 0.0587. The van der Waals surface area contributed by atoms with Gasteiger partial charge in [0.2, 0.25) is 0 Å². The van der Waals surface area contributed by atoms with Gasteiger partial charge in [-0.3, -0.25) is 0 Å². The Morgan fingerprint density at radius 1 is 1.06 bits per heavy atom. The molecule has 9 heteroatoms. The van der Waals surface area contributed by atoms with Crippen LogP contribution >= 0.6 is 0 Å². The van der Waals surface area contributed by atoms with Gasteiger partial charge in [0.25, 0.3) is 10.0 Å². The van der Waals surface area contributed by atoms with Crippen LogP contribution in [0.15, 0.2) is 77.8 Å². The average Bonchev–Trinajstić information content (AvgIpc) is 2.84. The van der Waals surface area contributed by atoms with Crippen molar-refractivity contribution in [2.45, 2.75) is 25.0 Å². The summed E-state index contributed by atoms with van der Waals surface area (Å²) in [6, 6.07) is 16.0. The summed E-state index contributed by atoms with van der Waals surface area (Å²) in [6.07, 6.45) is 1.56. The van der Waals surface area contributed by atoms with E-state index in [1.165, 1.54) is 36.4 Å². The standard InChI is InChI=1S/C25H20F2N2O4S/c1-16-22-5-3-2-4-19(22)14-28-24(16)29(15-17-6-11-23(27)20(12-17)13-26)34(32,33)21-9-7-18(8-10-21)25(30)31/h2-12,14H,13,15H2,1H3,(H,30,31). The lowest BCUT2D eigenvalue weighted by Gasteiger charge is -2.26. The molecule has 0 aliphatic rings. The lowest BCUT2D eigenvalue weighted by molar-refractivity contribution is 0.0696. The molecule has 0 aliphatic carbocycles. The number of carboxylic acids is 1. The lowest BCUT2D eigenvalue weighted by atomic mass is 10.1. The quantitative estimate of drug-likeness (QED) is 0.389. The number of anilines is 1. The predicted molar refractivity (Wildman–Crippen MR) is 124 cm³/mol. The van der Waals surface area contributed by atoms with Gasteiger partial charge in [0.15, 0.2) is 0 Å². The number of aromatic carboxylic acids is 1. The Morgan fingerprint density at radius 3 is 2.44 bits per heavy atom. The molecular formula is C25H20F2N2O4S. The summed E-state index contributed by atoms with van der Waals surface area (Å²) in [5.41, 5.74) is 0.742. The second kappa shape index (κ2) is 9.18. The van der Waals surface area contributed by atoms with Gasteiger partial charge in [-0.15, -0.1) is 0 Å². The molecule has 0 saturated carbocycles. The zero-order valence-corrected chi connectivity index (χ0v) is 18.9. The van der Waals surface area contributed by atoms with E-state index in [4.69, 9.17) is 5.11 Å². The Labute approximate surface area is 195 Å². The molecule has 0 fully saturated rings. The van der Waals surface area contributed by atoms with E-state index >= 15 is 0 Å². The number of sulfonamides is 1. The molecule has 174 valence electrons. The Bertz CT molecular complexity index is 1490. The smallest absolute Gasteiger partial charge is 0.335 e. The number of carbonyl (C=O) groups is 1. The van der Waals surface area contributed by atoms with E-state index in [0.29, 0.717) is 11.1 Å². The SMILES string of the molecule is Cc1c(N(Cc2ccc(F)c(CF)c2)S(=O)(=O)c2ccc(C(=O)O)cc2)ncc2ccccc12. The van der Waals surface area contributed by atoms with Gasteiger partial charge in [0.1, 0.15) is 18.3 Å². The van der Waals surface area contributed by atoms with Crippen LogP contribution in [0.5, 0.6) is 0 Å². The molecule has 0 saturated heterocycles. The van der Waals surface area contributed by atoms with Gasteiger partial charge in [0, 0.05) is 22.7 Å². The predicted octanol–water partition coefficient (Wildman–Crippen LogP) is 5.25. The Hall–Kier alpha value is -3.85. The molecule has 0 atom stereocenters. The van der Waals surface area contributed by atoms with Crippen molar-refractivity contribution >= 4 is 32.6 Å². The molecule has 0 aliphatic heterocycles. The van der Waals surface area contributed by atoms with Crippen LogP contribution in [0.3, 0.4) is 0 Å². The van der Waals surface area contributed by atoms with Gasteiger partial charge < -0.3 is 5.11 Å². The topological polar surface area (TPSA) is 87.6 Å². The fraction of sp³-hybridized carbons (Fsp3) is 0.120. The van der Waals surface area contributed by atoms with E-state index in [9.17, 15) is 22.0 Å². The fourth-order valence-corrected chi connectivity index (χ4v) is 5.18. The van der Waals surface area contributed by atoms with Crippen molar-refractivity contribution in [3.05, 3.63) is 101 Å². The summed E-state index contributed by atoms with van der Waals surface area (Å²) in [5.74, 6) is -1.74. The van der Waals surface area contributed by atoms with Crippen molar-refractivity contribution < 1.29 is 27.1 Å². The van der Waals surface area contributed by atoms with Crippen molar-refractivity contribution in [2.75, 3.05) is 4.31 Å². The molecular weight excluding hydrogens is 462 g/mol. The Morgan fingerprint density at radius 2 is 1.76 bits per heavy atom. The summed E-state index contributed by atoms with van der Waals surface area (Å²) < 4.78 is 55.6. The van der Waals surface area contributed by atoms with Crippen LogP contribution in [-0.2, 0) is 23.2 Å². The number of alkyl halides is 1. The molecule has 1 N–H and O–H groups in total. The number of hydrogen-bond acceptors (Lipinski definition) is 4. The fourth-order valence-electron chi connectivity index (χ4n) is 3.72. The summed E-state index contributed by atoms with van der Waals surface area (Å²) in [5, 5.41) is 10.8. The summed E-state index contributed by atoms with van der Waals surface area (Å²) in [6.45, 7) is 0.483. The van der Waals surface area contributed by atoms with Gasteiger partial charge in [-0.05, 0) is 54.3 Å². The van der Waals surface area contributed by atoms with Crippen molar-refractivity contribution in [3.63, 3.8) is 0 Å². The van der Waals surface area contributed by atoms with Gasteiger partial charge in [-0.1, -0.05) is 30.3 Å². The molecule has 0 bridgehead atoms. The number of nitrogens with zero attached hydrogens (tertiary/aromatic N) is 2. The molecule has 0 radical (unpaired) electrons. The maximum Gasteiger partial charge on any atom is 0.335 e. The zero-order chi connectivity index (χ0) is 24.5. The Kier molecular flexibility index (Phi) is 6.30. The number of halogens is 2. The van der Waals surface area contributed by atoms with Crippen LogP contribution in [-0.4, -0.2) is 24.5 Å². The van der Waals surface area contributed by atoms with E-state index < -0.39 is 28.5 Å². The summed E-state index contributed by atoms with van der Waals surface area (Å²) in [4.78, 5) is 15.5. The maximum atomic E-state index is 13.8. The highest BCUT2D eigenvalue weighted by Crippen LogP contribution is 2.31. The number of fused-ring (bicyclic) bond motifs is 1. The highest BCUT2D eigenvalue weighted by atomic mass is 32.2. The van der Waals surface area contributed by atoms with Crippen LogP contribution in [0, 0.1) is 12.7 Å². The van der Waals surface area contributed by atoms with E-state index in [-0.39, 0.29) is 28.4 Å². The molecule has 4 rings (SSSR count). The second-order valence-electron chi connectivity index (χ2n) is 7.69. The minimum Gasteiger partial charge on any atom is -0.478 e. The molecule has 0 amide bonds. The third-order valence-electron chi connectivity index (χ3n) is 5.53. The number of aryl methyl sites for hydroxylation is 1. The van der Waals surface area contributed by atoms with Crippen molar-refractivity contribution in [3.8, 4) is 0 Å². The third kappa shape index (κ3) is 4.34. The number of hydrogen-bond donors (Lipinski definition) is 1. The summed E-state index contributed by atoms with van der Waals surface area (Å²) in [7, 11) is -4.23. The molecule has 1 aromatic heterocycles. The first-order valence-electron chi connectivity index (χ1n) is 10.3. The number of pyridine rings is 1. The van der Waals surface area contributed by atoms with Crippen molar-refractivity contribution in [1.29, 1.82) is 0 Å². The van der Waals surface area contributed by atoms with Crippen molar-refractivity contribution in [2.24, 2.45) is 0 Å². The monoisotopic (exact) mass is 482 g/mol. The number of carboxylic acid groups (broad SMARTS) is 1. The highest BCUT2D eigenvalue weighted by Gasteiger charge is 2.28. The van der Waals surface area contributed by atoms with Crippen LogP contribution in [0.2, 0.25) is 0 Å². The van der Waals surface area contributed by atoms with Gasteiger partial charge in [0.05, 0.1) is 17.0 Å². The molecule has 3 aromatic carbocycles. The molecule has 34 heavy (non-hydrogen) atoms.